The average molecular weight is 601 g/mol. The summed E-state index contributed by atoms with van der Waals surface area (Å²) >= 11 is 8.05. The number of anilines is 4. The molecule has 1 unspecified atom stereocenters. The Hall–Kier alpha value is -3.24. The normalized spacial score (nSPS) is 12.1. The lowest BCUT2D eigenvalue weighted by atomic mass is 10.3. The molecule has 0 fully saturated rings. The van der Waals surface area contributed by atoms with E-state index in [4.69, 9.17) is 17.3 Å². The first-order valence-corrected chi connectivity index (χ1v) is 15.4. The van der Waals surface area contributed by atoms with Crippen molar-refractivity contribution in [3.63, 3.8) is 0 Å². The molecule has 196 valence electrons. The maximum absolute atomic E-state index is 12.1. The SMILES string of the molecule is CC(Cl)C(=O)Nc1ccc(S(=O)(=O)Nc2nccs2)cc1.Nc1ccc(S(=O)(=O)Nc2nccs2)cc1. The number of nitrogen functional groups attached to an aromatic ring is 1. The third-order valence-electron chi connectivity index (χ3n) is 4.29. The minimum absolute atomic E-state index is 0.0784. The van der Waals surface area contributed by atoms with Crippen LogP contribution in [0.4, 0.5) is 21.6 Å². The second kappa shape index (κ2) is 12.3. The molecule has 1 amide bonds. The van der Waals surface area contributed by atoms with Gasteiger partial charge in [-0.3, -0.25) is 14.2 Å². The standard InChI is InChI=1S/C12H12ClN3O3S2.C9H9N3O2S2/c1-8(13)11(17)15-9-2-4-10(5-3-9)21(18,19)16-12-14-6-7-20-12;10-7-1-3-8(4-2-7)16(13,14)12-9-11-5-6-15-9/h2-8H,1H3,(H,14,16)(H,15,17);1-6H,10H2,(H,11,12). The second-order valence-corrected chi connectivity index (χ2v) is 12.9. The highest BCUT2D eigenvalue weighted by atomic mass is 35.5. The third-order valence-corrected chi connectivity index (χ3v) is 8.84. The number of nitrogens with two attached hydrogens (primary N) is 1. The van der Waals surface area contributed by atoms with Crippen molar-refractivity contribution in [1.29, 1.82) is 0 Å². The van der Waals surface area contributed by atoms with Crippen LogP contribution in [-0.4, -0.2) is 38.1 Å². The van der Waals surface area contributed by atoms with Crippen molar-refractivity contribution in [2.24, 2.45) is 0 Å². The number of carbonyl (C=O) groups excluding carboxylic acids is 1. The summed E-state index contributed by atoms with van der Waals surface area (Å²) in [4.78, 5) is 19.4. The van der Waals surface area contributed by atoms with Gasteiger partial charge in [0, 0.05) is 34.5 Å². The van der Waals surface area contributed by atoms with Crippen molar-refractivity contribution >= 4 is 81.9 Å². The summed E-state index contributed by atoms with van der Waals surface area (Å²) < 4.78 is 52.6. The van der Waals surface area contributed by atoms with Gasteiger partial charge in [0.2, 0.25) is 5.91 Å². The van der Waals surface area contributed by atoms with Gasteiger partial charge in [-0.15, -0.1) is 34.3 Å². The summed E-state index contributed by atoms with van der Waals surface area (Å²) in [7, 11) is -7.24. The van der Waals surface area contributed by atoms with Crippen molar-refractivity contribution in [3.8, 4) is 0 Å². The van der Waals surface area contributed by atoms with E-state index in [9.17, 15) is 21.6 Å². The van der Waals surface area contributed by atoms with Gasteiger partial charge in [-0.1, -0.05) is 0 Å². The quantitative estimate of drug-likeness (QED) is 0.173. The maximum atomic E-state index is 12.1. The highest BCUT2D eigenvalue weighted by Gasteiger charge is 2.16. The van der Waals surface area contributed by atoms with Gasteiger partial charge >= 0.3 is 0 Å². The Morgan fingerprint density at radius 2 is 1.27 bits per heavy atom. The van der Waals surface area contributed by atoms with Crippen LogP contribution in [0.15, 0.2) is 81.5 Å². The first kappa shape index (κ1) is 28.3. The molecular weight excluding hydrogens is 580 g/mol. The molecular formula is C21H21ClN6O5S4. The third kappa shape index (κ3) is 8.40. The number of amides is 1. The van der Waals surface area contributed by atoms with Crippen LogP contribution in [0.3, 0.4) is 0 Å². The number of aromatic nitrogens is 2. The summed E-state index contributed by atoms with van der Waals surface area (Å²) in [6.45, 7) is 1.55. The molecule has 2 aromatic carbocycles. The Kier molecular flexibility index (Phi) is 9.45. The van der Waals surface area contributed by atoms with E-state index in [0.29, 0.717) is 21.6 Å². The number of carbonyl (C=O) groups is 1. The molecule has 1 atom stereocenters. The van der Waals surface area contributed by atoms with Crippen molar-refractivity contribution < 1.29 is 21.6 Å². The predicted molar refractivity (Wildman–Crippen MR) is 147 cm³/mol. The van der Waals surface area contributed by atoms with Crippen LogP contribution >= 0.6 is 34.3 Å². The summed E-state index contributed by atoms with van der Waals surface area (Å²) in [6, 6.07) is 11.7. The lowest BCUT2D eigenvalue weighted by Crippen LogP contribution is -2.20. The zero-order valence-electron chi connectivity index (χ0n) is 19.0. The molecule has 2 heterocycles. The largest absolute Gasteiger partial charge is 0.399 e. The van der Waals surface area contributed by atoms with Gasteiger partial charge in [0.25, 0.3) is 20.0 Å². The van der Waals surface area contributed by atoms with Gasteiger partial charge < -0.3 is 11.1 Å². The number of thiazole rings is 2. The van der Waals surface area contributed by atoms with E-state index in [1.807, 2.05) is 0 Å². The van der Waals surface area contributed by atoms with Crippen LogP contribution in [0.5, 0.6) is 0 Å². The van der Waals surface area contributed by atoms with Gasteiger partial charge in [-0.05, 0) is 55.5 Å². The molecule has 16 heteroatoms. The number of sulfonamides is 2. The van der Waals surface area contributed by atoms with Gasteiger partial charge in [0.1, 0.15) is 5.38 Å². The summed E-state index contributed by atoms with van der Waals surface area (Å²) in [5.74, 6) is -0.354. The molecule has 0 aliphatic heterocycles. The molecule has 0 aliphatic rings. The Labute approximate surface area is 226 Å². The van der Waals surface area contributed by atoms with Crippen LogP contribution in [0.2, 0.25) is 0 Å². The monoisotopic (exact) mass is 600 g/mol. The topological polar surface area (TPSA) is 173 Å². The van der Waals surface area contributed by atoms with Crippen molar-refractivity contribution in [2.45, 2.75) is 22.1 Å². The number of nitrogens with zero attached hydrogens (tertiary/aromatic N) is 2. The lowest BCUT2D eigenvalue weighted by Gasteiger charge is -2.08. The molecule has 4 rings (SSSR count). The number of rotatable bonds is 8. The Morgan fingerprint density at radius 3 is 1.65 bits per heavy atom. The van der Waals surface area contributed by atoms with Crippen LogP contribution in [0.25, 0.3) is 0 Å². The number of benzene rings is 2. The lowest BCUT2D eigenvalue weighted by molar-refractivity contribution is -0.115. The number of hydrogen-bond donors (Lipinski definition) is 4. The van der Waals surface area contributed by atoms with Crippen molar-refractivity contribution in [2.75, 3.05) is 20.5 Å². The molecule has 0 saturated heterocycles. The van der Waals surface area contributed by atoms with E-state index in [1.54, 1.807) is 17.7 Å². The molecule has 5 N–H and O–H groups in total. The number of hydrogen-bond acceptors (Lipinski definition) is 10. The molecule has 0 saturated carbocycles. The van der Waals surface area contributed by atoms with Gasteiger partial charge in [0.15, 0.2) is 10.3 Å². The van der Waals surface area contributed by atoms with Crippen molar-refractivity contribution in [3.05, 3.63) is 71.7 Å². The minimum atomic E-state index is -3.69. The van der Waals surface area contributed by atoms with Gasteiger partial charge in [-0.25, -0.2) is 26.8 Å². The van der Waals surface area contributed by atoms with Crippen LogP contribution in [0.1, 0.15) is 6.92 Å². The average Bonchev–Trinajstić information content (AvgIpc) is 3.54. The highest BCUT2D eigenvalue weighted by Crippen LogP contribution is 2.20. The second-order valence-electron chi connectivity index (χ2n) is 7.08. The molecule has 4 aromatic rings. The summed E-state index contributed by atoms with van der Waals surface area (Å²) in [5.41, 5.74) is 6.47. The van der Waals surface area contributed by atoms with E-state index < -0.39 is 25.4 Å². The fourth-order valence-corrected chi connectivity index (χ4v) is 6.13. The van der Waals surface area contributed by atoms with E-state index >= 15 is 0 Å². The molecule has 11 nitrogen and oxygen atoms in total. The number of halogens is 1. The molecule has 37 heavy (non-hydrogen) atoms. The van der Waals surface area contributed by atoms with Crippen LogP contribution in [-0.2, 0) is 24.8 Å². The predicted octanol–water partition coefficient (Wildman–Crippen LogP) is 4.04. The van der Waals surface area contributed by atoms with Gasteiger partial charge in [-0.2, -0.15) is 0 Å². The zero-order valence-corrected chi connectivity index (χ0v) is 23.1. The highest BCUT2D eigenvalue weighted by molar-refractivity contribution is 7.93. The first-order chi connectivity index (χ1) is 17.5. The van der Waals surface area contributed by atoms with E-state index in [0.717, 1.165) is 0 Å². The fraction of sp³-hybridized carbons (Fsp3) is 0.0952. The smallest absolute Gasteiger partial charge is 0.263 e. The first-order valence-electron chi connectivity index (χ1n) is 10.2. The van der Waals surface area contributed by atoms with Crippen LogP contribution < -0.4 is 20.5 Å². The van der Waals surface area contributed by atoms with E-state index in [2.05, 4.69) is 24.7 Å². The number of alkyl halides is 1. The van der Waals surface area contributed by atoms with E-state index in [1.165, 1.54) is 83.6 Å². The summed E-state index contributed by atoms with van der Waals surface area (Å²) in [6.07, 6.45) is 3.04. The molecule has 2 aromatic heterocycles. The Morgan fingerprint density at radius 1 is 0.838 bits per heavy atom. The molecule has 0 radical (unpaired) electrons. The number of nitrogens with one attached hydrogen (secondary N) is 3. The maximum Gasteiger partial charge on any atom is 0.263 e. The fourth-order valence-electron chi connectivity index (χ4n) is 2.50. The minimum Gasteiger partial charge on any atom is -0.399 e. The molecule has 0 aliphatic carbocycles. The zero-order chi connectivity index (χ0) is 27.1. The molecule has 0 bridgehead atoms. The van der Waals surface area contributed by atoms with E-state index in [-0.39, 0.29) is 15.7 Å². The Bertz CT molecular complexity index is 1510. The van der Waals surface area contributed by atoms with Crippen LogP contribution in [0, 0.1) is 0 Å². The van der Waals surface area contributed by atoms with Gasteiger partial charge in [0.05, 0.1) is 9.79 Å². The van der Waals surface area contributed by atoms with Crippen molar-refractivity contribution in [1.82, 2.24) is 9.97 Å². The summed E-state index contributed by atoms with van der Waals surface area (Å²) in [5, 5.41) is 5.91. The molecule has 0 spiro atoms. The Balaban J connectivity index is 0.000000213.